The summed E-state index contributed by atoms with van der Waals surface area (Å²) in [5.74, 6) is 1.12. The Hall–Kier alpha value is -3.37. The highest BCUT2D eigenvalue weighted by atomic mass is 32.2. The molecule has 176 valence electrons. The van der Waals surface area contributed by atoms with Gasteiger partial charge in [-0.05, 0) is 56.5 Å². The molecule has 1 fully saturated rings. The second-order valence-electron chi connectivity index (χ2n) is 8.63. The van der Waals surface area contributed by atoms with Crippen molar-refractivity contribution in [3.63, 3.8) is 0 Å². The van der Waals surface area contributed by atoms with Gasteiger partial charge in [0.15, 0.2) is 17.0 Å². The molecule has 0 unspecified atom stereocenters. The van der Waals surface area contributed by atoms with E-state index in [1.54, 1.807) is 33.3 Å². The van der Waals surface area contributed by atoms with Crippen LogP contribution in [0.1, 0.15) is 37.6 Å². The van der Waals surface area contributed by atoms with Crippen LogP contribution in [0, 0.1) is 6.92 Å². The lowest BCUT2D eigenvalue weighted by Crippen LogP contribution is -2.41. The Labute approximate surface area is 198 Å². The van der Waals surface area contributed by atoms with Crippen molar-refractivity contribution in [1.82, 2.24) is 29.3 Å². The summed E-state index contributed by atoms with van der Waals surface area (Å²) in [7, 11) is -3.51. The van der Waals surface area contributed by atoms with Gasteiger partial charge >= 0.3 is 0 Å². The van der Waals surface area contributed by atoms with E-state index in [1.807, 2.05) is 44.2 Å². The molecular formula is C24H27N7O2S. The van der Waals surface area contributed by atoms with Crippen LogP contribution in [0.2, 0.25) is 0 Å². The van der Waals surface area contributed by atoms with Crippen molar-refractivity contribution in [2.24, 2.45) is 0 Å². The van der Waals surface area contributed by atoms with Gasteiger partial charge < -0.3 is 5.32 Å². The summed E-state index contributed by atoms with van der Waals surface area (Å²) in [4.78, 5) is 9.34. The third-order valence-electron chi connectivity index (χ3n) is 6.12. The smallest absolute Gasteiger partial charge is 0.243 e. The molecule has 1 N–H and O–H groups in total. The van der Waals surface area contributed by atoms with Gasteiger partial charge in [-0.2, -0.15) is 4.31 Å². The zero-order chi connectivity index (χ0) is 23.7. The van der Waals surface area contributed by atoms with Gasteiger partial charge in [0.1, 0.15) is 5.82 Å². The first-order chi connectivity index (χ1) is 16.4. The maximum absolute atomic E-state index is 13.1. The topological polar surface area (TPSA) is 106 Å². The lowest BCUT2D eigenvalue weighted by Gasteiger charge is -2.32. The number of hydrogen-bond donors (Lipinski definition) is 1. The molecule has 5 rings (SSSR count). The third-order valence-corrected chi connectivity index (χ3v) is 8.14. The zero-order valence-corrected chi connectivity index (χ0v) is 20.0. The van der Waals surface area contributed by atoms with Gasteiger partial charge in [-0.25, -0.2) is 23.1 Å². The number of hydrogen-bond acceptors (Lipinski definition) is 7. The van der Waals surface area contributed by atoms with Crippen LogP contribution in [0.3, 0.4) is 0 Å². The van der Waals surface area contributed by atoms with Crippen LogP contribution in [0.4, 0.5) is 11.5 Å². The fraction of sp³-hybridized carbons (Fsp3) is 0.333. The molecule has 1 atom stereocenters. The van der Waals surface area contributed by atoms with E-state index in [0.29, 0.717) is 46.5 Å². The van der Waals surface area contributed by atoms with E-state index in [0.717, 1.165) is 24.8 Å². The number of anilines is 2. The van der Waals surface area contributed by atoms with Crippen LogP contribution in [0.5, 0.6) is 0 Å². The molecule has 1 aliphatic heterocycles. The van der Waals surface area contributed by atoms with E-state index >= 15 is 0 Å². The van der Waals surface area contributed by atoms with Crippen molar-refractivity contribution in [1.29, 1.82) is 0 Å². The van der Waals surface area contributed by atoms with Gasteiger partial charge in [0, 0.05) is 18.3 Å². The van der Waals surface area contributed by atoms with Gasteiger partial charge in [0.2, 0.25) is 10.0 Å². The standard InChI is InChI=1S/C24H27N7O2S/c1-17-8-6-7-15-31(17)34(32,33)21-13-11-20(12-14-21)27-23-22-24(26-18(2)25-23)30(29-28-22)16-19-9-4-3-5-10-19/h3-5,9-14,17H,6-8,15-16H2,1-2H3,(H,25,26,27)/t17-/m0/s1. The maximum Gasteiger partial charge on any atom is 0.243 e. The van der Waals surface area contributed by atoms with Crippen LogP contribution in [-0.2, 0) is 16.6 Å². The number of rotatable bonds is 6. The molecule has 0 aliphatic carbocycles. The quantitative estimate of drug-likeness (QED) is 0.449. The van der Waals surface area contributed by atoms with Crippen molar-refractivity contribution in [3.05, 3.63) is 66.0 Å². The second kappa shape index (κ2) is 9.11. The molecular weight excluding hydrogens is 450 g/mol. The lowest BCUT2D eigenvalue weighted by atomic mass is 10.1. The van der Waals surface area contributed by atoms with Crippen LogP contribution >= 0.6 is 0 Å². The van der Waals surface area contributed by atoms with Gasteiger partial charge in [0.25, 0.3) is 0 Å². The van der Waals surface area contributed by atoms with E-state index in [4.69, 9.17) is 0 Å². The molecule has 3 heterocycles. The second-order valence-corrected chi connectivity index (χ2v) is 10.5. The molecule has 0 saturated carbocycles. The van der Waals surface area contributed by atoms with Gasteiger partial charge in [-0.3, -0.25) is 0 Å². The van der Waals surface area contributed by atoms with Crippen molar-refractivity contribution in [2.45, 2.75) is 50.6 Å². The molecule has 0 amide bonds. The van der Waals surface area contributed by atoms with Gasteiger partial charge in [-0.15, -0.1) is 5.10 Å². The molecule has 0 bridgehead atoms. The van der Waals surface area contributed by atoms with Gasteiger partial charge in [0.05, 0.1) is 11.4 Å². The van der Waals surface area contributed by atoms with Gasteiger partial charge in [-0.1, -0.05) is 42.0 Å². The fourth-order valence-electron chi connectivity index (χ4n) is 4.33. The SMILES string of the molecule is Cc1nc(Nc2ccc(S(=O)(=O)N3CCCC[C@@H]3C)cc2)c2nnn(Cc3ccccc3)c2n1. The highest BCUT2D eigenvalue weighted by Gasteiger charge is 2.30. The van der Waals surface area contributed by atoms with Crippen LogP contribution in [-0.4, -0.2) is 50.3 Å². The minimum atomic E-state index is -3.51. The number of aromatic nitrogens is 5. The number of piperidine rings is 1. The molecule has 1 aliphatic rings. The predicted octanol–water partition coefficient (Wildman–Crippen LogP) is 3.88. The Morgan fingerprint density at radius 1 is 1.03 bits per heavy atom. The number of nitrogens with zero attached hydrogens (tertiary/aromatic N) is 6. The van der Waals surface area contributed by atoms with Crippen molar-refractivity contribution >= 4 is 32.7 Å². The van der Waals surface area contributed by atoms with E-state index in [2.05, 4.69) is 25.6 Å². The van der Waals surface area contributed by atoms with E-state index in [9.17, 15) is 8.42 Å². The summed E-state index contributed by atoms with van der Waals surface area (Å²) in [6, 6.07) is 16.8. The number of fused-ring (bicyclic) bond motifs is 1. The monoisotopic (exact) mass is 477 g/mol. The summed E-state index contributed by atoms with van der Waals surface area (Å²) in [5.41, 5.74) is 3.00. The van der Waals surface area contributed by atoms with E-state index < -0.39 is 10.0 Å². The molecule has 34 heavy (non-hydrogen) atoms. The Morgan fingerprint density at radius 2 is 1.79 bits per heavy atom. The Morgan fingerprint density at radius 3 is 2.53 bits per heavy atom. The fourth-order valence-corrected chi connectivity index (χ4v) is 6.03. The van der Waals surface area contributed by atoms with Crippen LogP contribution < -0.4 is 5.32 Å². The molecule has 4 aromatic rings. The first-order valence-electron chi connectivity index (χ1n) is 11.4. The highest BCUT2D eigenvalue weighted by Crippen LogP contribution is 2.27. The molecule has 0 radical (unpaired) electrons. The Kier molecular flexibility index (Phi) is 6.01. The number of benzene rings is 2. The number of nitrogens with one attached hydrogen (secondary N) is 1. The summed E-state index contributed by atoms with van der Waals surface area (Å²) >= 11 is 0. The lowest BCUT2D eigenvalue weighted by molar-refractivity contribution is 0.268. The normalized spacial score (nSPS) is 17.2. The summed E-state index contributed by atoms with van der Waals surface area (Å²) in [6.07, 6.45) is 2.86. The predicted molar refractivity (Wildman–Crippen MR) is 130 cm³/mol. The Bertz CT molecular complexity index is 1400. The largest absolute Gasteiger partial charge is 0.338 e. The molecule has 0 spiro atoms. The number of aryl methyl sites for hydroxylation is 1. The summed E-state index contributed by atoms with van der Waals surface area (Å²) in [6.45, 7) is 4.91. The molecule has 2 aromatic heterocycles. The third kappa shape index (κ3) is 4.38. The van der Waals surface area contributed by atoms with E-state index in [-0.39, 0.29) is 6.04 Å². The summed E-state index contributed by atoms with van der Waals surface area (Å²) < 4.78 is 29.6. The van der Waals surface area contributed by atoms with E-state index in [1.165, 1.54) is 0 Å². The van der Waals surface area contributed by atoms with Crippen LogP contribution in [0.25, 0.3) is 11.2 Å². The average Bonchev–Trinajstić information content (AvgIpc) is 3.23. The van der Waals surface area contributed by atoms with Crippen LogP contribution in [0.15, 0.2) is 59.5 Å². The molecule has 9 nitrogen and oxygen atoms in total. The zero-order valence-electron chi connectivity index (χ0n) is 19.2. The maximum atomic E-state index is 13.1. The average molecular weight is 478 g/mol. The Balaban J connectivity index is 1.40. The molecule has 10 heteroatoms. The minimum absolute atomic E-state index is 0.0207. The highest BCUT2D eigenvalue weighted by molar-refractivity contribution is 7.89. The van der Waals surface area contributed by atoms with Crippen molar-refractivity contribution < 1.29 is 8.42 Å². The first kappa shape index (κ1) is 22.4. The van der Waals surface area contributed by atoms with Crippen molar-refractivity contribution in [3.8, 4) is 0 Å². The first-order valence-corrected chi connectivity index (χ1v) is 12.9. The van der Waals surface area contributed by atoms with Crippen molar-refractivity contribution in [2.75, 3.05) is 11.9 Å². The molecule has 1 saturated heterocycles. The minimum Gasteiger partial charge on any atom is -0.338 e. The molecule has 2 aromatic carbocycles. The summed E-state index contributed by atoms with van der Waals surface area (Å²) in [5, 5.41) is 11.8. The number of sulfonamides is 1.